The number of fused-ring (bicyclic) bond motifs is 3. The lowest BCUT2D eigenvalue weighted by molar-refractivity contribution is -0.139. The highest BCUT2D eigenvalue weighted by molar-refractivity contribution is 6.30. The number of carbonyl (C=O) groups is 1. The van der Waals surface area contributed by atoms with Crippen molar-refractivity contribution >= 4 is 34.4 Å². The quantitative estimate of drug-likeness (QED) is 0.400. The second-order valence-electron chi connectivity index (χ2n) is 6.76. The number of aromatic nitrogens is 6. The van der Waals surface area contributed by atoms with Crippen molar-refractivity contribution < 1.29 is 13.9 Å². The van der Waals surface area contributed by atoms with Gasteiger partial charge in [-0.3, -0.25) is 4.79 Å². The van der Waals surface area contributed by atoms with Gasteiger partial charge in [0.15, 0.2) is 16.8 Å². The Hall–Kier alpha value is -3.85. The first-order valence-corrected chi connectivity index (χ1v) is 9.63. The van der Waals surface area contributed by atoms with Crippen LogP contribution in [0.1, 0.15) is 5.69 Å². The van der Waals surface area contributed by atoms with Crippen LogP contribution in [0.2, 0.25) is 5.02 Å². The number of nitrogens with zero attached hydrogens (tertiary/aromatic N) is 6. The molecule has 3 aromatic heterocycles. The molecule has 0 saturated carbocycles. The fraction of sp³-hybridized carbons (Fsp3) is 0.0952. The van der Waals surface area contributed by atoms with Crippen LogP contribution < -0.4 is 0 Å². The van der Waals surface area contributed by atoms with E-state index in [9.17, 15) is 9.18 Å². The minimum atomic E-state index is -0.463. The minimum absolute atomic E-state index is 0.0906. The Bertz CT molecular complexity index is 1430. The summed E-state index contributed by atoms with van der Waals surface area (Å²) in [6.07, 6.45) is 1.58. The van der Waals surface area contributed by atoms with Gasteiger partial charge in [-0.05, 0) is 42.0 Å². The van der Waals surface area contributed by atoms with E-state index in [2.05, 4.69) is 20.4 Å². The Morgan fingerprint density at radius 2 is 1.84 bits per heavy atom. The van der Waals surface area contributed by atoms with Crippen molar-refractivity contribution in [2.45, 2.75) is 6.42 Å². The van der Waals surface area contributed by atoms with Gasteiger partial charge in [0.1, 0.15) is 11.5 Å². The molecule has 0 spiro atoms. The predicted molar refractivity (Wildman–Crippen MR) is 112 cm³/mol. The van der Waals surface area contributed by atoms with Crippen LogP contribution in [0.5, 0.6) is 0 Å². The molecule has 0 N–H and O–H groups in total. The van der Waals surface area contributed by atoms with E-state index in [4.69, 9.17) is 16.3 Å². The van der Waals surface area contributed by atoms with Crippen molar-refractivity contribution in [3.63, 3.8) is 0 Å². The van der Waals surface area contributed by atoms with Crippen molar-refractivity contribution in [3.05, 3.63) is 71.3 Å². The van der Waals surface area contributed by atoms with E-state index >= 15 is 0 Å². The lowest BCUT2D eigenvalue weighted by Crippen LogP contribution is -2.06. The summed E-state index contributed by atoms with van der Waals surface area (Å²) in [5.74, 6) is -0.834. The summed E-state index contributed by atoms with van der Waals surface area (Å²) >= 11 is 6.00. The third kappa shape index (κ3) is 3.28. The van der Waals surface area contributed by atoms with Crippen LogP contribution in [0.15, 0.2) is 54.7 Å². The molecule has 3 heterocycles. The Labute approximate surface area is 179 Å². The van der Waals surface area contributed by atoms with Crippen molar-refractivity contribution in [2.75, 3.05) is 7.11 Å². The van der Waals surface area contributed by atoms with Crippen molar-refractivity contribution in [2.24, 2.45) is 0 Å². The number of halogens is 2. The molecular weight excluding hydrogens is 423 g/mol. The molecule has 8 nitrogen and oxygen atoms in total. The lowest BCUT2D eigenvalue weighted by Gasteiger charge is -2.04. The van der Waals surface area contributed by atoms with Crippen LogP contribution >= 0.6 is 11.6 Å². The number of ether oxygens (including phenoxy) is 1. The monoisotopic (exact) mass is 436 g/mol. The van der Waals surface area contributed by atoms with Gasteiger partial charge in [0.2, 0.25) is 0 Å². The number of methoxy groups -OCH3 is 1. The SMILES string of the molecule is COC(=O)Cc1nn(-c2ccc(F)cc2)c2c1nnc1c(-c3ccc(Cl)cc3)cnn12. The summed E-state index contributed by atoms with van der Waals surface area (Å²) in [6.45, 7) is 0. The average molecular weight is 437 g/mol. The smallest absolute Gasteiger partial charge is 0.311 e. The maximum atomic E-state index is 13.5. The maximum absolute atomic E-state index is 13.5. The fourth-order valence-electron chi connectivity index (χ4n) is 3.35. The summed E-state index contributed by atoms with van der Waals surface area (Å²) in [7, 11) is 1.30. The van der Waals surface area contributed by atoms with Gasteiger partial charge < -0.3 is 4.74 Å². The first-order chi connectivity index (χ1) is 15.0. The molecule has 0 aliphatic carbocycles. The predicted octanol–water partition coefficient (Wildman–Crippen LogP) is 3.64. The molecule has 5 rings (SSSR count). The number of hydrogen-bond acceptors (Lipinski definition) is 6. The largest absolute Gasteiger partial charge is 0.469 e. The van der Waals surface area contributed by atoms with Gasteiger partial charge in [-0.2, -0.15) is 14.7 Å². The van der Waals surface area contributed by atoms with Crippen LogP contribution in [-0.4, -0.2) is 42.7 Å². The van der Waals surface area contributed by atoms with Crippen molar-refractivity contribution in [1.29, 1.82) is 0 Å². The second-order valence-corrected chi connectivity index (χ2v) is 7.20. The summed E-state index contributed by atoms with van der Waals surface area (Å²) in [4.78, 5) is 11.9. The molecule has 0 saturated heterocycles. The average Bonchev–Trinajstić information content (AvgIpc) is 3.36. The number of esters is 1. The van der Waals surface area contributed by atoms with Gasteiger partial charge >= 0.3 is 5.97 Å². The standard InChI is InChI=1S/C21H14ClFN6O2/c1-31-18(30)10-17-19-21(28(27-17)15-8-6-14(23)7-9-15)29-20(26-25-19)16(11-24-29)12-2-4-13(22)5-3-12/h2-9,11H,10H2,1H3. The van der Waals surface area contributed by atoms with Crippen LogP contribution in [0.4, 0.5) is 4.39 Å². The molecule has 31 heavy (non-hydrogen) atoms. The zero-order valence-corrected chi connectivity index (χ0v) is 16.9. The summed E-state index contributed by atoms with van der Waals surface area (Å²) < 4.78 is 21.4. The Morgan fingerprint density at radius 1 is 1.10 bits per heavy atom. The molecule has 5 aromatic rings. The minimum Gasteiger partial charge on any atom is -0.469 e. The molecular formula is C21H14ClFN6O2. The molecule has 0 amide bonds. The highest BCUT2D eigenvalue weighted by Gasteiger charge is 2.22. The Kier molecular flexibility index (Phi) is 4.59. The maximum Gasteiger partial charge on any atom is 0.311 e. The molecule has 0 aliphatic heterocycles. The van der Waals surface area contributed by atoms with Crippen LogP contribution in [-0.2, 0) is 16.0 Å². The van der Waals surface area contributed by atoms with E-state index in [0.29, 0.717) is 33.2 Å². The van der Waals surface area contributed by atoms with Crippen LogP contribution in [0.3, 0.4) is 0 Å². The molecule has 0 aliphatic rings. The van der Waals surface area contributed by atoms with E-state index < -0.39 is 5.97 Å². The number of hydrogen-bond donors (Lipinski definition) is 0. The molecule has 0 unspecified atom stereocenters. The van der Waals surface area contributed by atoms with E-state index in [-0.39, 0.29) is 12.2 Å². The van der Waals surface area contributed by atoms with Crippen molar-refractivity contribution in [1.82, 2.24) is 29.6 Å². The van der Waals surface area contributed by atoms with Gasteiger partial charge in [0, 0.05) is 10.6 Å². The third-order valence-electron chi connectivity index (χ3n) is 4.86. The van der Waals surface area contributed by atoms with Gasteiger partial charge in [-0.15, -0.1) is 10.2 Å². The Balaban J connectivity index is 1.77. The zero-order valence-electron chi connectivity index (χ0n) is 16.2. The second kappa shape index (κ2) is 7.44. The highest BCUT2D eigenvalue weighted by atomic mass is 35.5. The molecule has 0 bridgehead atoms. The molecule has 0 atom stereocenters. The Morgan fingerprint density at radius 3 is 2.55 bits per heavy atom. The lowest BCUT2D eigenvalue weighted by atomic mass is 10.1. The normalized spacial score (nSPS) is 11.3. The highest BCUT2D eigenvalue weighted by Crippen LogP contribution is 2.28. The summed E-state index contributed by atoms with van der Waals surface area (Å²) in [5, 5.41) is 18.3. The zero-order chi connectivity index (χ0) is 21.5. The van der Waals surface area contributed by atoms with Crippen LogP contribution in [0, 0.1) is 5.82 Å². The molecule has 2 aromatic carbocycles. The van der Waals surface area contributed by atoms with Gasteiger partial charge in [-0.25, -0.2) is 9.07 Å². The molecule has 10 heteroatoms. The molecule has 0 fully saturated rings. The van der Waals surface area contributed by atoms with Gasteiger partial charge in [0.05, 0.1) is 25.4 Å². The molecule has 154 valence electrons. The van der Waals surface area contributed by atoms with E-state index in [1.807, 2.05) is 12.1 Å². The number of benzene rings is 2. The topological polar surface area (TPSA) is 87.2 Å². The van der Waals surface area contributed by atoms with E-state index in [1.54, 1.807) is 39.7 Å². The van der Waals surface area contributed by atoms with Crippen molar-refractivity contribution in [3.8, 4) is 16.8 Å². The molecule has 0 radical (unpaired) electrons. The first-order valence-electron chi connectivity index (χ1n) is 9.26. The van der Waals surface area contributed by atoms with Gasteiger partial charge in [0.25, 0.3) is 0 Å². The number of carbonyl (C=O) groups excluding carboxylic acids is 1. The van der Waals surface area contributed by atoms with Crippen LogP contribution in [0.25, 0.3) is 33.6 Å². The third-order valence-corrected chi connectivity index (χ3v) is 5.11. The fourth-order valence-corrected chi connectivity index (χ4v) is 3.48. The summed E-state index contributed by atoms with van der Waals surface area (Å²) in [5.41, 5.74) is 3.99. The first kappa shape index (κ1) is 19.1. The van der Waals surface area contributed by atoms with E-state index in [0.717, 1.165) is 11.1 Å². The summed E-state index contributed by atoms with van der Waals surface area (Å²) in [6, 6.07) is 13.1. The van der Waals surface area contributed by atoms with Gasteiger partial charge in [-0.1, -0.05) is 23.7 Å². The van der Waals surface area contributed by atoms with E-state index in [1.165, 1.54) is 19.2 Å². The number of rotatable bonds is 4.